The van der Waals surface area contributed by atoms with Crippen LogP contribution in [-0.2, 0) is 11.0 Å². The number of nitrogens with one attached hydrogen (secondary N) is 1. The Bertz CT molecular complexity index is 1030. The number of anilines is 1. The molecule has 182 valence electrons. The first kappa shape index (κ1) is 24.7. The maximum absolute atomic E-state index is 12.7. The molecule has 1 N–H and O–H groups in total. The molecule has 0 aliphatic carbocycles. The van der Waals surface area contributed by atoms with Gasteiger partial charge in [-0.05, 0) is 30.3 Å². The van der Waals surface area contributed by atoms with Crippen molar-refractivity contribution in [1.29, 1.82) is 0 Å². The highest BCUT2D eigenvalue weighted by Gasteiger charge is 2.34. The average molecular weight is 513 g/mol. The fourth-order valence-corrected chi connectivity index (χ4v) is 5.56. The molecule has 2 saturated heterocycles. The summed E-state index contributed by atoms with van der Waals surface area (Å²) in [5.41, 5.74) is 0.492. The topological polar surface area (TPSA) is 55.9 Å². The monoisotopic (exact) mass is 512 g/mol. The first-order chi connectivity index (χ1) is 16.2. The summed E-state index contributed by atoms with van der Waals surface area (Å²) < 4.78 is 38.1. The number of hydrogen-bond donors (Lipinski definition) is 1. The summed E-state index contributed by atoms with van der Waals surface area (Å²) in [6.45, 7) is 3.52. The standard InChI is InChI=1S/C23H24ClF3N4O2S/c24-19-4-2-1-3-18(19)21-31(20(32)15-34-21)14-11-29-9-12-30(13-10-29)22(33)28-17-7-5-16(6-8-17)23(25,26)27/h1-8,21H,9-15H2,(H,28,33). The van der Waals surface area contributed by atoms with Gasteiger partial charge in [0.05, 0.1) is 11.3 Å². The van der Waals surface area contributed by atoms with E-state index in [2.05, 4.69) is 10.2 Å². The number of urea groups is 1. The molecule has 0 bridgehead atoms. The fraction of sp³-hybridized carbons (Fsp3) is 0.391. The molecule has 34 heavy (non-hydrogen) atoms. The van der Waals surface area contributed by atoms with Crippen molar-refractivity contribution in [2.24, 2.45) is 0 Å². The molecule has 1 atom stereocenters. The third-order valence-electron chi connectivity index (χ3n) is 5.92. The van der Waals surface area contributed by atoms with Gasteiger partial charge >= 0.3 is 12.2 Å². The Morgan fingerprint density at radius 2 is 1.71 bits per heavy atom. The van der Waals surface area contributed by atoms with Crippen LogP contribution in [0.15, 0.2) is 48.5 Å². The molecule has 2 heterocycles. The number of thioether (sulfide) groups is 1. The van der Waals surface area contributed by atoms with Crippen LogP contribution in [0.5, 0.6) is 0 Å². The smallest absolute Gasteiger partial charge is 0.324 e. The Balaban J connectivity index is 1.25. The molecule has 0 spiro atoms. The molecular formula is C23H24ClF3N4O2S. The molecular weight excluding hydrogens is 489 g/mol. The first-order valence-electron chi connectivity index (χ1n) is 10.8. The SMILES string of the molecule is O=C(Nc1ccc(C(F)(F)F)cc1)N1CCN(CCN2C(=O)CSC2c2ccccc2Cl)CC1. The lowest BCUT2D eigenvalue weighted by Gasteiger charge is -2.36. The maximum Gasteiger partial charge on any atom is 0.416 e. The van der Waals surface area contributed by atoms with E-state index in [1.807, 2.05) is 29.2 Å². The summed E-state index contributed by atoms with van der Waals surface area (Å²) in [6.07, 6.45) is -4.41. The van der Waals surface area contributed by atoms with Crippen molar-refractivity contribution in [1.82, 2.24) is 14.7 Å². The van der Waals surface area contributed by atoms with E-state index < -0.39 is 11.7 Å². The zero-order valence-electron chi connectivity index (χ0n) is 18.2. The summed E-state index contributed by atoms with van der Waals surface area (Å²) in [5, 5.41) is 3.20. The predicted octanol–water partition coefficient (Wildman–Crippen LogP) is 4.78. The van der Waals surface area contributed by atoms with Gasteiger partial charge in [-0.3, -0.25) is 9.69 Å². The van der Waals surface area contributed by atoms with Gasteiger partial charge in [0.15, 0.2) is 0 Å². The van der Waals surface area contributed by atoms with Crippen molar-refractivity contribution < 1.29 is 22.8 Å². The van der Waals surface area contributed by atoms with E-state index in [1.165, 1.54) is 12.1 Å². The molecule has 0 saturated carbocycles. The van der Waals surface area contributed by atoms with Gasteiger partial charge in [0.1, 0.15) is 5.37 Å². The number of nitrogens with zero attached hydrogens (tertiary/aromatic N) is 3. The summed E-state index contributed by atoms with van der Waals surface area (Å²) in [6, 6.07) is 11.6. The highest BCUT2D eigenvalue weighted by Crippen LogP contribution is 2.41. The molecule has 0 aromatic heterocycles. The van der Waals surface area contributed by atoms with Gasteiger partial charge in [0.25, 0.3) is 0 Å². The van der Waals surface area contributed by atoms with Gasteiger partial charge in [-0.2, -0.15) is 13.2 Å². The van der Waals surface area contributed by atoms with Crippen LogP contribution >= 0.6 is 23.4 Å². The number of halogens is 4. The summed E-state index contributed by atoms with van der Waals surface area (Å²) in [7, 11) is 0. The maximum atomic E-state index is 12.7. The number of carbonyl (C=O) groups is 2. The summed E-state index contributed by atoms with van der Waals surface area (Å²) in [5.74, 6) is 0.512. The lowest BCUT2D eigenvalue weighted by Crippen LogP contribution is -2.51. The van der Waals surface area contributed by atoms with Gasteiger partial charge in [-0.15, -0.1) is 11.8 Å². The van der Waals surface area contributed by atoms with Gasteiger partial charge < -0.3 is 15.1 Å². The number of piperazine rings is 1. The van der Waals surface area contributed by atoms with Crippen LogP contribution in [-0.4, -0.2) is 71.7 Å². The van der Waals surface area contributed by atoms with Crippen LogP contribution in [0.2, 0.25) is 5.02 Å². The molecule has 0 radical (unpaired) electrons. The fourth-order valence-electron chi connectivity index (χ4n) is 4.00. The molecule has 11 heteroatoms. The number of rotatable bonds is 5. The highest BCUT2D eigenvalue weighted by molar-refractivity contribution is 8.00. The Morgan fingerprint density at radius 1 is 1.03 bits per heavy atom. The molecule has 4 rings (SSSR count). The molecule has 6 nitrogen and oxygen atoms in total. The first-order valence-corrected chi connectivity index (χ1v) is 12.3. The van der Waals surface area contributed by atoms with E-state index in [0.29, 0.717) is 55.7 Å². The Labute approximate surface area is 205 Å². The second kappa shape index (κ2) is 10.5. The van der Waals surface area contributed by atoms with Crippen LogP contribution in [0.3, 0.4) is 0 Å². The Morgan fingerprint density at radius 3 is 2.35 bits per heavy atom. The van der Waals surface area contributed by atoms with Crippen molar-refractivity contribution in [3.63, 3.8) is 0 Å². The number of alkyl halides is 3. The van der Waals surface area contributed by atoms with E-state index in [0.717, 1.165) is 17.7 Å². The highest BCUT2D eigenvalue weighted by atomic mass is 35.5. The van der Waals surface area contributed by atoms with Crippen LogP contribution in [0.1, 0.15) is 16.5 Å². The summed E-state index contributed by atoms with van der Waals surface area (Å²) >= 11 is 7.91. The third kappa shape index (κ3) is 5.79. The van der Waals surface area contributed by atoms with E-state index in [4.69, 9.17) is 11.6 Å². The normalized spacial score (nSPS) is 19.5. The van der Waals surface area contributed by atoms with Gasteiger partial charge in [0.2, 0.25) is 5.91 Å². The lowest BCUT2D eigenvalue weighted by molar-refractivity contribution is -0.137. The molecule has 3 amide bonds. The number of hydrogen-bond acceptors (Lipinski definition) is 4. The minimum absolute atomic E-state index is 0.0875. The largest absolute Gasteiger partial charge is 0.416 e. The average Bonchev–Trinajstić information content (AvgIpc) is 3.18. The molecule has 2 aliphatic heterocycles. The van der Waals surface area contributed by atoms with Crippen LogP contribution in [0.4, 0.5) is 23.7 Å². The second-order valence-corrected chi connectivity index (χ2v) is 9.58. The van der Waals surface area contributed by atoms with Gasteiger partial charge in [0, 0.05) is 55.5 Å². The molecule has 2 aliphatic rings. The minimum Gasteiger partial charge on any atom is -0.324 e. The zero-order valence-corrected chi connectivity index (χ0v) is 19.8. The molecule has 2 aromatic rings. The number of amides is 3. The Kier molecular flexibility index (Phi) is 7.59. The van der Waals surface area contributed by atoms with Crippen molar-refractivity contribution in [2.75, 3.05) is 50.3 Å². The van der Waals surface area contributed by atoms with E-state index in [9.17, 15) is 22.8 Å². The van der Waals surface area contributed by atoms with Crippen molar-refractivity contribution in [3.8, 4) is 0 Å². The van der Waals surface area contributed by atoms with Crippen LogP contribution in [0.25, 0.3) is 0 Å². The predicted molar refractivity (Wildman–Crippen MR) is 127 cm³/mol. The lowest BCUT2D eigenvalue weighted by atomic mass is 10.2. The van der Waals surface area contributed by atoms with E-state index in [-0.39, 0.29) is 17.3 Å². The van der Waals surface area contributed by atoms with E-state index in [1.54, 1.807) is 16.7 Å². The van der Waals surface area contributed by atoms with Crippen molar-refractivity contribution >= 4 is 41.0 Å². The molecule has 2 aromatic carbocycles. The molecule has 2 fully saturated rings. The minimum atomic E-state index is -4.41. The number of carbonyl (C=O) groups excluding carboxylic acids is 2. The van der Waals surface area contributed by atoms with Crippen LogP contribution < -0.4 is 5.32 Å². The Hall–Kier alpha value is -2.43. The van der Waals surface area contributed by atoms with Gasteiger partial charge in [-0.25, -0.2) is 4.79 Å². The summed E-state index contributed by atoms with van der Waals surface area (Å²) in [4.78, 5) is 30.6. The molecule has 1 unspecified atom stereocenters. The quantitative estimate of drug-likeness (QED) is 0.626. The van der Waals surface area contributed by atoms with E-state index >= 15 is 0 Å². The third-order valence-corrected chi connectivity index (χ3v) is 7.50. The second-order valence-electron chi connectivity index (χ2n) is 8.11. The van der Waals surface area contributed by atoms with Gasteiger partial charge in [-0.1, -0.05) is 29.8 Å². The van der Waals surface area contributed by atoms with Crippen molar-refractivity contribution in [2.45, 2.75) is 11.6 Å². The van der Waals surface area contributed by atoms with Crippen LogP contribution in [0, 0.1) is 0 Å². The zero-order chi connectivity index (χ0) is 24.3. The number of benzene rings is 2. The van der Waals surface area contributed by atoms with Crippen molar-refractivity contribution in [3.05, 3.63) is 64.7 Å².